The number of rotatable bonds is 6. The standard InChI is InChI=1S/C17H29N3/c1-4-7-16-12-19-17(13-18-16)20-10-8-15(9-11-20)14(5-2)6-3/h12-15H,4-11H2,1-3H3. The van der Waals surface area contributed by atoms with Crippen LogP contribution in [0.2, 0.25) is 0 Å². The quantitative estimate of drug-likeness (QED) is 0.783. The molecule has 3 nitrogen and oxygen atoms in total. The van der Waals surface area contributed by atoms with Gasteiger partial charge in [-0.05, 0) is 31.1 Å². The van der Waals surface area contributed by atoms with Crippen molar-refractivity contribution in [3.63, 3.8) is 0 Å². The predicted octanol–water partition coefficient (Wildman–Crippen LogP) is 4.08. The Hall–Kier alpha value is -1.12. The van der Waals surface area contributed by atoms with Gasteiger partial charge in [-0.1, -0.05) is 40.0 Å². The molecule has 3 heteroatoms. The molecule has 1 fully saturated rings. The highest BCUT2D eigenvalue weighted by Gasteiger charge is 2.25. The van der Waals surface area contributed by atoms with Gasteiger partial charge < -0.3 is 4.90 Å². The first-order chi connectivity index (χ1) is 9.78. The second-order valence-electron chi connectivity index (χ2n) is 6.02. The number of aryl methyl sites for hydroxylation is 1. The number of hydrogen-bond donors (Lipinski definition) is 0. The van der Waals surface area contributed by atoms with E-state index >= 15 is 0 Å². The summed E-state index contributed by atoms with van der Waals surface area (Å²) in [6.45, 7) is 9.13. The van der Waals surface area contributed by atoms with Gasteiger partial charge in [0, 0.05) is 13.1 Å². The molecule has 0 spiro atoms. The van der Waals surface area contributed by atoms with Crippen molar-refractivity contribution in [1.82, 2.24) is 9.97 Å². The van der Waals surface area contributed by atoms with Crippen molar-refractivity contribution in [3.05, 3.63) is 18.1 Å². The van der Waals surface area contributed by atoms with Crippen LogP contribution >= 0.6 is 0 Å². The van der Waals surface area contributed by atoms with Crippen molar-refractivity contribution in [1.29, 1.82) is 0 Å². The van der Waals surface area contributed by atoms with Crippen molar-refractivity contribution in [3.8, 4) is 0 Å². The second-order valence-corrected chi connectivity index (χ2v) is 6.02. The first-order valence-corrected chi connectivity index (χ1v) is 8.34. The maximum Gasteiger partial charge on any atom is 0.147 e. The zero-order valence-corrected chi connectivity index (χ0v) is 13.3. The topological polar surface area (TPSA) is 29.0 Å². The minimum Gasteiger partial charge on any atom is -0.355 e. The molecular formula is C17H29N3. The molecule has 2 heterocycles. The number of hydrogen-bond acceptors (Lipinski definition) is 3. The van der Waals surface area contributed by atoms with Gasteiger partial charge >= 0.3 is 0 Å². The SMILES string of the molecule is CCCc1cnc(N2CCC(C(CC)CC)CC2)cn1. The molecule has 0 amide bonds. The Balaban J connectivity index is 1.90. The highest BCUT2D eigenvalue weighted by atomic mass is 15.2. The van der Waals surface area contributed by atoms with Crippen LogP contribution < -0.4 is 4.90 Å². The van der Waals surface area contributed by atoms with E-state index in [4.69, 9.17) is 0 Å². The van der Waals surface area contributed by atoms with Crippen LogP contribution in [0.3, 0.4) is 0 Å². The lowest BCUT2D eigenvalue weighted by atomic mass is 9.81. The lowest BCUT2D eigenvalue weighted by molar-refractivity contribution is 0.260. The predicted molar refractivity (Wildman–Crippen MR) is 85.0 cm³/mol. The highest BCUT2D eigenvalue weighted by Crippen LogP contribution is 2.30. The van der Waals surface area contributed by atoms with Crippen LogP contribution in [0.5, 0.6) is 0 Å². The fraction of sp³-hybridized carbons (Fsp3) is 0.765. The molecule has 0 radical (unpaired) electrons. The molecule has 0 unspecified atom stereocenters. The normalized spacial score (nSPS) is 16.9. The smallest absolute Gasteiger partial charge is 0.147 e. The number of piperidine rings is 1. The summed E-state index contributed by atoms with van der Waals surface area (Å²) in [4.78, 5) is 11.5. The molecule has 0 atom stereocenters. The average molecular weight is 275 g/mol. The summed E-state index contributed by atoms with van der Waals surface area (Å²) in [5, 5.41) is 0. The van der Waals surface area contributed by atoms with E-state index in [1.807, 2.05) is 12.4 Å². The summed E-state index contributed by atoms with van der Waals surface area (Å²) >= 11 is 0. The second kappa shape index (κ2) is 7.61. The van der Waals surface area contributed by atoms with Gasteiger partial charge in [0.1, 0.15) is 5.82 Å². The Bertz CT molecular complexity index is 376. The third-order valence-electron chi connectivity index (χ3n) is 4.78. The fourth-order valence-electron chi connectivity index (χ4n) is 3.45. The van der Waals surface area contributed by atoms with E-state index in [9.17, 15) is 0 Å². The maximum atomic E-state index is 4.59. The molecule has 112 valence electrons. The van der Waals surface area contributed by atoms with Gasteiger partial charge in [-0.25, -0.2) is 4.98 Å². The third-order valence-corrected chi connectivity index (χ3v) is 4.78. The molecule has 1 aromatic heterocycles. The van der Waals surface area contributed by atoms with Crippen molar-refractivity contribution >= 4 is 5.82 Å². The van der Waals surface area contributed by atoms with Gasteiger partial charge in [-0.2, -0.15) is 0 Å². The van der Waals surface area contributed by atoms with E-state index in [-0.39, 0.29) is 0 Å². The maximum absolute atomic E-state index is 4.59. The lowest BCUT2D eigenvalue weighted by Gasteiger charge is -2.36. The van der Waals surface area contributed by atoms with Crippen LogP contribution in [-0.4, -0.2) is 23.1 Å². The monoisotopic (exact) mass is 275 g/mol. The van der Waals surface area contributed by atoms with E-state index in [0.29, 0.717) is 0 Å². The van der Waals surface area contributed by atoms with Gasteiger partial charge in [-0.3, -0.25) is 4.98 Å². The van der Waals surface area contributed by atoms with Crippen LogP contribution in [0.4, 0.5) is 5.82 Å². The van der Waals surface area contributed by atoms with Crippen molar-refractivity contribution < 1.29 is 0 Å². The number of nitrogens with zero attached hydrogens (tertiary/aromatic N) is 3. The van der Waals surface area contributed by atoms with Gasteiger partial charge in [-0.15, -0.1) is 0 Å². The minimum absolute atomic E-state index is 0.911. The molecule has 0 bridgehead atoms. The number of anilines is 1. The first kappa shape index (κ1) is 15.3. The Morgan fingerprint density at radius 3 is 2.30 bits per heavy atom. The van der Waals surface area contributed by atoms with Crippen molar-refractivity contribution in [2.45, 2.75) is 59.3 Å². The summed E-state index contributed by atoms with van der Waals surface area (Å²) in [5.41, 5.74) is 1.11. The Labute approximate surface area is 123 Å². The first-order valence-electron chi connectivity index (χ1n) is 8.34. The van der Waals surface area contributed by atoms with Crippen LogP contribution in [0.25, 0.3) is 0 Å². The molecule has 2 rings (SSSR count). The molecule has 0 N–H and O–H groups in total. The Kier molecular flexibility index (Phi) is 5.81. The van der Waals surface area contributed by atoms with Gasteiger partial charge in [0.25, 0.3) is 0 Å². The largest absolute Gasteiger partial charge is 0.355 e. The van der Waals surface area contributed by atoms with E-state index in [1.54, 1.807) is 0 Å². The van der Waals surface area contributed by atoms with E-state index in [1.165, 1.54) is 25.7 Å². The summed E-state index contributed by atoms with van der Waals surface area (Å²) in [6.07, 6.45) is 11.3. The van der Waals surface area contributed by atoms with Gasteiger partial charge in [0.05, 0.1) is 18.1 Å². The summed E-state index contributed by atoms with van der Waals surface area (Å²) < 4.78 is 0. The highest BCUT2D eigenvalue weighted by molar-refractivity contribution is 5.36. The number of aromatic nitrogens is 2. The average Bonchev–Trinajstić information content (AvgIpc) is 2.50. The zero-order valence-electron chi connectivity index (χ0n) is 13.3. The summed E-state index contributed by atoms with van der Waals surface area (Å²) in [7, 11) is 0. The molecule has 20 heavy (non-hydrogen) atoms. The van der Waals surface area contributed by atoms with Gasteiger partial charge in [0.15, 0.2) is 0 Å². The lowest BCUT2D eigenvalue weighted by Crippen LogP contribution is -2.36. The summed E-state index contributed by atoms with van der Waals surface area (Å²) in [5.74, 6) is 2.89. The van der Waals surface area contributed by atoms with Crippen LogP contribution in [0, 0.1) is 11.8 Å². The third kappa shape index (κ3) is 3.71. The van der Waals surface area contributed by atoms with E-state index in [2.05, 4.69) is 35.6 Å². The Morgan fingerprint density at radius 2 is 1.80 bits per heavy atom. The Morgan fingerprint density at radius 1 is 1.10 bits per heavy atom. The van der Waals surface area contributed by atoms with Crippen molar-refractivity contribution in [2.24, 2.45) is 11.8 Å². The molecule has 1 aromatic rings. The minimum atomic E-state index is 0.911. The molecular weight excluding hydrogens is 246 g/mol. The fourth-order valence-corrected chi connectivity index (χ4v) is 3.45. The zero-order chi connectivity index (χ0) is 14.4. The van der Waals surface area contributed by atoms with Crippen LogP contribution in [-0.2, 0) is 6.42 Å². The van der Waals surface area contributed by atoms with E-state index < -0.39 is 0 Å². The molecule has 0 saturated carbocycles. The van der Waals surface area contributed by atoms with Gasteiger partial charge in [0.2, 0.25) is 0 Å². The molecule has 1 saturated heterocycles. The van der Waals surface area contributed by atoms with E-state index in [0.717, 1.165) is 49.3 Å². The summed E-state index contributed by atoms with van der Waals surface area (Å²) in [6, 6.07) is 0. The van der Waals surface area contributed by atoms with Crippen molar-refractivity contribution in [2.75, 3.05) is 18.0 Å². The van der Waals surface area contributed by atoms with Crippen LogP contribution in [0.15, 0.2) is 12.4 Å². The molecule has 0 aliphatic carbocycles. The molecule has 1 aliphatic heterocycles. The van der Waals surface area contributed by atoms with Crippen LogP contribution in [0.1, 0.15) is 58.6 Å². The molecule has 0 aromatic carbocycles. The molecule has 1 aliphatic rings.